The van der Waals surface area contributed by atoms with Crippen LogP contribution in [0.2, 0.25) is 10.3 Å². The van der Waals surface area contributed by atoms with Gasteiger partial charge in [0.1, 0.15) is 5.69 Å². The zero-order valence-electron chi connectivity index (χ0n) is 28.2. The summed E-state index contributed by atoms with van der Waals surface area (Å²) >= 11 is 12.3. The van der Waals surface area contributed by atoms with Gasteiger partial charge in [0.25, 0.3) is 0 Å². The first-order valence-electron chi connectivity index (χ1n) is 16.4. The van der Waals surface area contributed by atoms with Crippen molar-refractivity contribution >= 4 is 67.8 Å². The van der Waals surface area contributed by atoms with Crippen LogP contribution in [0.1, 0.15) is 11.1 Å². The van der Waals surface area contributed by atoms with E-state index in [1.54, 1.807) is 0 Å². The molecule has 0 aliphatic carbocycles. The van der Waals surface area contributed by atoms with Crippen LogP contribution in [0.25, 0.3) is 21.8 Å². The number of nitrogen functional groups attached to an aromatic ring is 1. The summed E-state index contributed by atoms with van der Waals surface area (Å²) in [7, 11) is 4.29. The van der Waals surface area contributed by atoms with Crippen LogP contribution in [0.3, 0.4) is 0 Å². The van der Waals surface area contributed by atoms with Crippen LogP contribution in [-0.4, -0.2) is 127 Å². The Kier molecular flexibility index (Phi) is 12.1. The first kappa shape index (κ1) is 35.8. The second-order valence-electron chi connectivity index (χ2n) is 12.8. The van der Waals surface area contributed by atoms with Crippen molar-refractivity contribution in [3.05, 3.63) is 67.9 Å². The predicted octanol–water partition coefficient (Wildman–Crippen LogP) is 5.20. The molecule has 0 unspecified atom stereocenters. The fourth-order valence-electron chi connectivity index (χ4n) is 6.05. The molecule has 14 heteroatoms. The van der Waals surface area contributed by atoms with Gasteiger partial charge in [-0.2, -0.15) is 0 Å². The maximum absolute atomic E-state index is 11.5. The monoisotopic (exact) mass is 696 g/mol. The molecule has 4 heterocycles. The molecule has 2 aromatic heterocycles. The molecular formula is C34H46Cl2N10O2. The number of anilines is 3. The maximum Gasteiger partial charge on any atom is 0.329 e. The molecule has 0 atom stereocenters. The van der Waals surface area contributed by atoms with E-state index >= 15 is 0 Å². The number of nitrogens with one attached hydrogen (secondary N) is 2. The van der Waals surface area contributed by atoms with E-state index in [1.165, 1.54) is 0 Å². The number of nitrogens with two attached hydrogens (primary N) is 1. The van der Waals surface area contributed by atoms with Gasteiger partial charge in [-0.1, -0.05) is 47.5 Å². The summed E-state index contributed by atoms with van der Waals surface area (Å²) in [5.74, 6) is 0. The van der Waals surface area contributed by atoms with E-state index in [2.05, 4.69) is 66.4 Å². The van der Waals surface area contributed by atoms with E-state index in [4.69, 9.17) is 28.9 Å². The summed E-state index contributed by atoms with van der Waals surface area (Å²) < 4.78 is 0. The highest BCUT2D eigenvalue weighted by Gasteiger charge is 2.24. The van der Waals surface area contributed by atoms with Crippen LogP contribution in [0.5, 0.6) is 0 Å². The number of likely N-dealkylation sites (N-methyl/N-ethyl adjacent to an activating group) is 2. The number of aryl methyl sites for hydroxylation is 2. The normalized spacial score (nSPS) is 16.5. The summed E-state index contributed by atoms with van der Waals surface area (Å²) in [4.78, 5) is 29.1. The highest BCUT2D eigenvalue weighted by atomic mass is 35.5. The number of benzene rings is 2. The molecule has 0 spiro atoms. The van der Waals surface area contributed by atoms with E-state index in [1.807, 2.05) is 38.1 Å². The third kappa shape index (κ3) is 8.93. The number of nitro groups is 1. The number of hydrogen-bond acceptors (Lipinski definition) is 11. The van der Waals surface area contributed by atoms with Gasteiger partial charge >= 0.3 is 5.69 Å². The van der Waals surface area contributed by atoms with Gasteiger partial charge in [-0.25, -0.2) is 9.97 Å². The van der Waals surface area contributed by atoms with Crippen LogP contribution >= 0.6 is 23.2 Å². The number of hydrogen-bond donors (Lipinski definition) is 3. The lowest BCUT2D eigenvalue weighted by atomic mass is 10.1. The van der Waals surface area contributed by atoms with Crippen molar-refractivity contribution in [2.24, 2.45) is 0 Å². The molecule has 2 aliphatic rings. The van der Waals surface area contributed by atoms with Crippen LogP contribution < -0.4 is 16.4 Å². The predicted molar refractivity (Wildman–Crippen MR) is 199 cm³/mol. The minimum Gasteiger partial charge on any atom is -0.395 e. The van der Waals surface area contributed by atoms with Gasteiger partial charge in [0.05, 0.1) is 27.3 Å². The highest BCUT2D eigenvalue weighted by Crippen LogP contribution is 2.37. The van der Waals surface area contributed by atoms with Crippen molar-refractivity contribution < 1.29 is 4.92 Å². The molecule has 6 rings (SSSR count). The molecule has 0 bridgehead atoms. The van der Waals surface area contributed by atoms with Gasteiger partial charge in [-0.15, -0.1) is 0 Å². The zero-order chi connectivity index (χ0) is 34.4. The smallest absolute Gasteiger partial charge is 0.329 e. The first-order valence-corrected chi connectivity index (χ1v) is 17.1. The first-order chi connectivity index (χ1) is 23.0. The highest BCUT2D eigenvalue weighted by molar-refractivity contribution is 6.33. The Morgan fingerprint density at radius 3 is 1.67 bits per heavy atom. The Hall–Kier alpha value is -3.52. The van der Waals surface area contributed by atoms with Crippen LogP contribution in [-0.2, 0) is 0 Å². The van der Waals surface area contributed by atoms with Gasteiger partial charge in [-0.3, -0.25) is 19.9 Å². The lowest BCUT2D eigenvalue weighted by Gasteiger charge is -2.32. The van der Waals surface area contributed by atoms with Crippen molar-refractivity contribution in [1.82, 2.24) is 29.6 Å². The summed E-state index contributed by atoms with van der Waals surface area (Å²) in [6.45, 7) is 15.9. The zero-order valence-corrected chi connectivity index (χ0v) is 29.7. The number of pyridine rings is 2. The molecule has 4 N–H and O–H groups in total. The molecule has 2 aromatic carbocycles. The average molecular weight is 698 g/mol. The number of nitrogens with zero attached hydrogens (tertiary/aromatic N) is 7. The van der Waals surface area contributed by atoms with E-state index in [-0.39, 0.29) is 10.8 Å². The van der Waals surface area contributed by atoms with E-state index < -0.39 is 4.92 Å². The molecule has 12 nitrogen and oxygen atoms in total. The number of halogens is 2. The topological polar surface area (TPSA) is 132 Å². The van der Waals surface area contributed by atoms with Crippen LogP contribution in [0.15, 0.2) is 36.4 Å². The fraction of sp³-hybridized carbons (Fsp3) is 0.471. The lowest BCUT2D eigenvalue weighted by Crippen LogP contribution is -2.45. The molecule has 0 saturated carbocycles. The molecule has 48 heavy (non-hydrogen) atoms. The molecule has 0 radical (unpaired) electrons. The molecule has 2 saturated heterocycles. The Bertz CT molecular complexity index is 1740. The second-order valence-corrected chi connectivity index (χ2v) is 13.5. The van der Waals surface area contributed by atoms with Gasteiger partial charge < -0.3 is 26.2 Å². The van der Waals surface area contributed by atoms with Crippen LogP contribution in [0.4, 0.5) is 22.7 Å². The second kappa shape index (κ2) is 16.3. The molecule has 2 aliphatic heterocycles. The van der Waals surface area contributed by atoms with Crippen molar-refractivity contribution in [3.8, 4) is 0 Å². The minimum absolute atomic E-state index is 0.0785. The average Bonchev–Trinajstić information content (AvgIpc) is 3.04. The van der Waals surface area contributed by atoms with Gasteiger partial charge in [0.15, 0.2) is 5.15 Å². The van der Waals surface area contributed by atoms with E-state index in [0.717, 1.165) is 105 Å². The maximum atomic E-state index is 11.5. The number of fused-ring (bicyclic) bond motifs is 2. The third-order valence-corrected chi connectivity index (χ3v) is 9.59. The summed E-state index contributed by atoms with van der Waals surface area (Å²) in [6, 6.07) is 11.8. The van der Waals surface area contributed by atoms with E-state index in [0.29, 0.717) is 28.6 Å². The van der Waals surface area contributed by atoms with Crippen molar-refractivity contribution in [2.75, 3.05) is 109 Å². The summed E-state index contributed by atoms with van der Waals surface area (Å²) in [5, 5.41) is 20.2. The Balaban J connectivity index is 0.000000188. The largest absolute Gasteiger partial charge is 0.395 e. The van der Waals surface area contributed by atoms with Gasteiger partial charge in [0, 0.05) is 89.3 Å². The minimum atomic E-state index is -0.465. The molecule has 258 valence electrons. The van der Waals surface area contributed by atoms with Crippen molar-refractivity contribution in [1.29, 1.82) is 0 Å². The molecule has 0 amide bonds. The quantitative estimate of drug-likeness (QED) is 0.121. The van der Waals surface area contributed by atoms with Crippen molar-refractivity contribution in [2.45, 2.75) is 13.8 Å². The number of aromatic nitrogens is 2. The Morgan fingerprint density at radius 1 is 0.750 bits per heavy atom. The summed E-state index contributed by atoms with van der Waals surface area (Å²) in [5.41, 5.74) is 11.6. The SMILES string of the molecule is Cc1ccc2c(NCCN3CCN(C)CC3)c(N)c(Cl)nc2c1.Cc1ccc2c(NCCN3CCN(C)CC3)c([N+](=O)[O-])c(Cl)nc2c1. The van der Waals surface area contributed by atoms with Gasteiger partial charge in [-0.05, 0) is 51.2 Å². The van der Waals surface area contributed by atoms with Gasteiger partial charge in [0.2, 0.25) is 5.15 Å². The Labute approximate surface area is 292 Å². The lowest BCUT2D eigenvalue weighted by molar-refractivity contribution is -0.384. The molecular weight excluding hydrogens is 651 g/mol. The number of rotatable bonds is 9. The molecule has 4 aromatic rings. The fourth-order valence-corrected chi connectivity index (χ4v) is 6.49. The standard InChI is InChI=1S/C17H22ClN5O2.C17H24ClN5/c1-12-3-4-13-14(11-12)20-17(18)16(23(24)25)15(13)19-5-6-22-9-7-21(2)8-10-22;1-12-3-4-13-14(11-12)21-17(18)15(19)16(13)20-5-6-23-9-7-22(2)8-10-23/h3-4,11H,5-10H2,1-2H3,(H,19,20);3-4,11H,5-10,19H2,1-2H3,(H,20,21). The molecule has 2 fully saturated rings. The number of piperazine rings is 2. The third-order valence-electron chi connectivity index (χ3n) is 9.04. The van der Waals surface area contributed by atoms with Crippen molar-refractivity contribution in [3.63, 3.8) is 0 Å². The van der Waals surface area contributed by atoms with E-state index in [9.17, 15) is 10.1 Å². The Morgan fingerprint density at radius 2 is 1.19 bits per heavy atom. The van der Waals surface area contributed by atoms with Crippen LogP contribution in [0, 0.1) is 24.0 Å². The summed E-state index contributed by atoms with van der Waals surface area (Å²) in [6.07, 6.45) is 0.